The molecule has 6 nitrogen and oxygen atoms in total. The zero-order chi connectivity index (χ0) is 21.7. The summed E-state index contributed by atoms with van der Waals surface area (Å²) in [5.41, 5.74) is 2.54. The minimum atomic E-state index is -0.570. The van der Waals surface area contributed by atoms with E-state index in [1.165, 1.54) is 17.9 Å². The maximum Gasteiger partial charge on any atom is 0.414 e. The van der Waals surface area contributed by atoms with Crippen LogP contribution < -0.4 is 10.2 Å². The van der Waals surface area contributed by atoms with Crippen LogP contribution in [0.2, 0.25) is 0 Å². The molecule has 0 aliphatic carbocycles. The maximum atomic E-state index is 14.8. The molecule has 3 rings (SSSR count). The van der Waals surface area contributed by atoms with Crippen molar-refractivity contribution in [3.63, 3.8) is 0 Å². The molecule has 1 heterocycles. The number of rotatable bonds is 8. The summed E-state index contributed by atoms with van der Waals surface area (Å²) >= 11 is 0. The molecule has 1 aliphatic heterocycles. The number of cyclic esters (lactones) is 1. The maximum absolute atomic E-state index is 14.8. The number of nitrogens with zero attached hydrogens (tertiary/aromatic N) is 2. The summed E-state index contributed by atoms with van der Waals surface area (Å²) in [5.74, 6) is -0.659. The molecular weight excluding hydrogens is 392 g/mol. The van der Waals surface area contributed by atoms with Crippen molar-refractivity contribution in [1.29, 1.82) is 0 Å². The van der Waals surface area contributed by atoms with Crippen LogP contribution >= 0.6 is 0 Å². The quantitative estimate of drug-likeness (QED) is 0.716. The minimum absolute atomic E-state index is 0.208. The van der Waals surface area contributed by atoms with E-state index in [1.54, 1.807) is 12.1 Å². The molecule has 2 aromatic carbocycles. The van der Waals surface area contributed by atoms with Gasteiger partial charge in [-0.1, -0.05) is 24.3 Å². The van der Waals surface area contributed by atoms with Crippen LogP contribution in [0.3, 0.4) is 0 Å². The molecule has 1 atom stereocenters. The highest BCUT2D eigenvalue weighted by Gasteiger charge is 2.32. The van der Waals surface area contributed by atoms with E-state index < -0.39 is 24.7 Å². The molecule has 30 heavy (non-hydrogen) atoms. The van der Waals surface area contributed by atoms with Crippen molar-refractivity contribution < 1.29 is 23.1 Å². The summed E-state index contributed by atoms with van der Waals surface area (Å²) in [6, 6.07) is 12.0. The Morgan fingerprint density at radius 2 is 2.00 bits per heavy atom. The summed E-state index contributed by atoms with van der Waals surface area (Å²) in [4.78, 5) is 26.4. The fourth-order valence-corrected chi connectivity index (χ4v) is 3.33. The van der Waals surface area contributed by atoms with Gasteiger partial charge in [0.25, 0.3) is 0 Å². The molecule has 1 aliphatic rings. The number of carbonyl (C=O) groups is 2. The number of nitrogens with one attached hydrogen (secondary N) is 1. The number of carbonyl (C=O) groups excluding carboxylic acids is 2. The van der Waals surface area contributed by atoms with Crippen LogP contribution in [-0.2, 0) is 16.1 Å². The van der Waals surface area contributed by atoms with E-state index in [2.05, 4.69) is 5.32 Å². The molecule has 8 heteroatoms. The molecule has 1 fully saturated rings. The zero-order valence-electron chi connectivity index (χ0n) is 17.0. The van der Waals surface area contributed by atoms with E-state index in [9.17, 15) is 18.4 Å². The van der Waals surface area contributed by atoms with Gasteiger partial charge in [0.05, 0.1) is 18.8 Å². The second kappa shape index (κ2) is 9.67. The van der Waals surface area contributed by atoms with Gasteiger partial charge < -0.3 is 10.1 Å². The van der Waals surface area contributed by atoms with Crippen molar-refractivity contribution in [1.82, 2.24) is 10.2 Å². The van der Waals surface area contributed by atoms with E-state index in [-0.39, 0.29) is 19.0 Å². The highest BCUT2D eigenvalue weighted by Crippen LogP contribution is 2.29. The predicted octanol–water partition coefficient (Wildman–Crippen LogP) is 3.36. The summed E-state index contributed by atoms with van der Waals surface area (Å²) in [7, 11) is 1.84. The number of hydrogen-bond acceptors (Lipinski definition) is 4. The molecule has 2 amide bonds. The average Bonchev–Trinajstić information content (AvgIpc) is 3.08. The van der Waals surface area contributed by atoms with E-state index in [4.69, 9.17) is 4.74 Å². The van der Waals surface area contributed by atoms with Gasteiger partial charge in [-0.05, 0) is 36.4 Å². The third kappa shape index (κ3) is 5.33. The first-order valence-corrected chi connectivity index (χ1v) is 9.73. The standard InChI is InChI=1S/C22H25F2N3O3/c1-15(28)25-12-19-14-27(22(29)30-19)18-7-8-20(21(24)11-18)17-5-3-16(4-6-17)13-26(2)10-9-23/h3-8,11,19H,9-10,12-14H2,1-2H3,(H,25,28)/t19-/m0/s1. The summed E-state index contributed by atoms with van der Waals surface area (Å²) in [6.07, 6.45) is -1.05. The third-order valence-corrected chi connectivity index (χ3v) is 4.90. The second-order valence-corrected chi connectivity index (χ2v) is 7.34. The lowest BCUT2D eigenvalue weighted by molar-refractivity contribution is -0.119. The smallest absolute Gasteiger partial charge is 0.414 e. The van der Waals surface area contributed by atoms with Crippen molar-refractivity contribution >= 4 is 17.7 Å². The third-order valence-electron chi connectivity index (χ3n) is 4.90. The molecule has 0 bridgehead atoms. The number of hydrogen-bond donors (Lipinski definition) is 1. The summed E-state index contributed by atoms with van der Waals surface area (Å²) in [6.45, 7) is 2.41. The normalized spacial score (nSPS) is 16.1. The first-order valence-electron chi connectivity index (χ1n) is 9.73. The first-order chi connectivity index (χ1) is 14.4. The highest BCUT2D eigenvalue weighted by molar-refractivity contribution is 5.90. The van der Waals surface area contributed by atoms with Crippen LogP contribution in [0.5, 0.6) is 0 Å². The SMILES string of the molecule is CC(=O)NC[C@H]1CN(c2ccc(-c3ccc(CN(C)CCF)cc3)c(F)c2)C(=O)O1. The molecule has 1 saturated heterocycles. The van der Waals surface area contributed by atoms with Gasteiger partial charge in [0.15, 0.2) is 0 Å². The van der Waals surface area contributed by atoms with Gasteiger partial charge in [-0.2, -0.15) is 0 Å². The fourth-order valence-electron chi connectivity index (χ4n) is 3.33. The van der Waals surface area contributed by atoms with Gasteiger partial charge >= 0.3 is 6.09 Å². The Kier molecular flexibility index (Phi) is 6.99. The highest BCUT2D eigenvalue weighted by atomic mass is 19.1. The largest absolute Gasteiger partial charge is 0.442 e. The van der Waals surface area contributed by atoms with Crippen molar-refractivity contribution in [2.45, 2.75) is 19.6 Å². The molecule has 1 N–H and O–H groups in total. The Labute approximate surface area is 174 Å². The van der Waals surface area contributed by atoms with Crippen LogP contribution in [-0.4, -0.2) is 56.4 Å². The van der Waals surface area contributed by atoms with Crippen molar-refractivity contribution in [2.24, 2.45) is 0 Å². The van der Waals surface area contributed by atoms with Gasteiger partial charge in [0, 0.05) is 25.6 Å². The number of anilines is 1. The molecule has 2 aromatic rings. The van der Waals surface area contributed by atoms with E-state index in [1.807, 2.05) is 36.2 Å². The number of amides is 2. The van der Waals surface area contributed by atoms with Gasteiger partial charge in [-0.15, -0.1) is 0 Å². The van der Waals surface area contributed by atoms with Gasteiger partial charge in [0.1, 0.15) is 18.6 Å². The minimum Gasteiger partial charge on any atom is -0.442 e. The molecule has 0 spiro atoms. The summed E-state index contributed by atoms with van der Waals surface area (Å²) in [5, 5.41) is 2.61. The Hall–Kier alpha value is -3.00. The van der Waals surface area contributed by atoms with Crippen molar-refractivity contribution in [2.75, 3.05) is 38.3 Å². The van der Waals surface area contributed by atoms with Crippen LogP contribution in [0.4, 0.5) is 19.3 Å². The van der Waals surface area contributed by atoms with Crippen molar-refractivity contribution in [3.05, 3.63) is 53.8 Å². The van der Waals surface area contributed by atoms with Gasteiger partial charge in [0.2, 0.25) is 5.91 Å². The van der Waals surface area contributed by atoms with Crippen LogP contribution in [0.1, 0.15) is 12.5 Å². The lowest BCUT2D eigenvalue weighted by atomic mass is 10.0. The fraction of sp³-hybridized carbons (Fsp3) is 0.364. The predicted molar refractivity (Wildman–Crippen MR) is 110 cm³/mol. The van der Waals surface area contributed by atoms with Crippen LogP contribution in [0, 0.1) is 5.82 Å². The Morgan fingerprint density at radius 3 is 2.63 bits per heavy atom. The number of benzene rings is 2. The molecule has 0 aromatic heterocycles. The lowest BCUT2D eigenvalue weighted by Gasteiger charge is -2.16. The van der Waals surface area contributed by atoms with E-state index >= 15 is 0 Å². The Bertz CT molecular complexity index is 905. The molecule has 0 radical (unpaired) electrons. The van der Waals surface area contributed by atoms with Crippen LogP contribution in [0.25, 0.3) is 11.1 Å². The van der Waals surface area contributed by atoms with Gasteiger partial charge in [-0.3, -0.25) is 14.6 Å². The molecule has 0 saturated carbocycles. The van der Waals surface area contributed by atoms with Gasteiger partial charge in [-0.25, -0.2) is 13.6 Å². The lowest BCUT2D eigenvalue weighted by Crippen LogP contribution is -2.33. The average molecular weight is 417 g/mol. The zero-order valence-corrected chi connectivity index (χ0v) is 17.0. The second-order valence-electron chi connectivity index (χ2n) is 7.34. The van der Waals surface area contributed by atoms with Crippen molar-refractivity contribution in [3.8, 4) is 11.1 Å². The Balaban J connectivity index is 1.69. The van der Waals surface area contributed by atoms with E-state index in [0.717, 1.165) is 5.56 Å². The molecule has 160 valence electrons. The Morgan fingerprint density at radius 1 is 1.27 bits per heavy atom. The number of halogens is 2. The molecular formula is C22H25F2N3O3. The molecule has 0 unspecified atom stereocenters. The monoisotopic (exact) mass is 417 g/mol. The van der Waals surface area contributed by atoms with E-state index in [0.29, 0.717) is 29.9 Å². The topological polar surface area (TPSA) is 61.9 Å². The van der Waals surface area contributed by atoms with Crippen LogP contribution in [0.15, 0.2) is 42.5 Å². The number of ether oxygens (including phenoxy) is 1. The number of alkyl halides is 1. The first kappa shape index (κ1) is 21.7. The summed E-state index contributed by atoms with van der Waals surface area (Å²) < 4.78 is 32.4.